The fourth-order valence-electron chi connectivity index (χ4n) is 3.26. The van der Waals surface area contributed by atoms with E-state index in [1.54, 1.807) is 60.7 Å². The molecule has 0 aliphatic rings. The Kier molecular flexibility index (Phi) is 4.30. The SMILES string of the molecule is O=C(Nc1nc2ccccc2n2c(=O)n(-c3ccc(Cl)cc3)nc12)c1ccccc1. The molecule has 1 N–H and O–H groups in total. The van der Waals surface area contributed by atoms with Crippen molar-refractivity contribution in [3.05, 3.63) is 99.9 Å². The molecule has 1 amide bonds. The molecule has 0 spiro atoms. The highest BCUT2D eigenvalue weighted by atomic mass is 35.5. The molecule has 0 saturated heterocycles. The average molecular weight is 416 g/mol. The van der Waals surface area contributed by atoms with Crippen LogP contribution in [0.1, 0.15) is 10.4 Å². The van der Waals surface area contributed by atoms with Gasteiger partial charge < -0.3 is 5.32 Å². The number of aromatic nitrogens is 4. The molecule has 0 saturated carbocycles. The minimum atomic E-state index is -0.374. The molecule has 30 heavy (non-hydrogen) atoms. The van der Waals surface area contributed by atoms with E-state index >= 15 is 0 Å². The molecule has 2 heterocycles. The fraction of sp³-hybridized carbons (Fsp3) is 0. The quantitative estimate of drug-likeness (QED) is 0.484. The van der Waals surface area contributed by atoms with Gasteiger partial charge in [0.2, 0.25) is 5.65 Å². The van der Waals surface area contributed by atoms with Crippen molar-refractivity contribution in [1.82, 2.24) is 19.2 Å². The first-order valence-electron chi connectivity index (χ1n) is 9.15. The van der Waals surface area contributed by atoms with E-state index in [-0.39, 0.29) is 23.1 Å². The maximum atomic E-state index is 13.2. The molecule has 0 fully saturated rings. The number of hydrogen-bond acceptors (Lipinski definition) is 4. The van der Waals surface area contributed by atoms with Crippen LogP contribution in [-0.4, -0.2) is 25.1 Å². The lowest BCUT2D eigenvalue weighted by atomic mass is 10.2. The second kappa shape index (κ2) is 7.13. The molecule has 8 heteroatoms. The summed E-state index contributed by atoms with van der Waals surface area (Å²) in [5.74, 6) is -0.138. The van der Waals surface area contributed by atoms with Gasteiger partial charge in [0, 0.05) is 10.6 Å². The van der Waals surface area contributed by atoms with Gasteiger partial charge in [0.15, 0.2) is 5.82 Å². The lowest BCUT2D eigenvalue weighted by molar-refractivity contribution is 0.102. The van der Waals surface area contributed by atoms with Gasteiger partial charge >= 0.3 is 5.69 Å². The van der Waals surface area contributed by atoms with E-state index in [9.17, 15) is 9.59 Å². The van der Waals surface area contributed by atoms with Crippen LogP contribution in [0.15, 0.2) is 83.7 Å². The van der Waals surface area contributed by atoms with E-state index in [2.05, 4.69) is 15.4 Å². The molecular weight excluding hydrogens is 402 g/mol. The molecule has 7 nitrogen and oxygen atoms in total. The van der Waals surface area contributed by atoms with E-state index in [4.69, 9.17) is 11.6 Å². The molecule has 5 aromatic rings. The summed E-state index contributed by atoms with van der Waals surface area (Å²) < 4.78 is 2.70. The number of fused-ring (bicyclic) bond motifs is 3. The van der Waals surface area contributed by atoms with Crippen molar-refractivity contribution in [3.63, 3.8) is 0 Å². The number of halogens is 1. The van der Waals surface area contributed by atoms with E-state index in [1.807, 2.05) is 18.2 Å². The summed E-state index contributed by atoms with van der Waals surface area (Å²) in [4.78, 5) is 30.5. The van der Waals surface area contributed by atoms with Crippen LogP contribution in [0.2, 0.25) is 5.02 Å². The Morgan fingerprint density at radius 1 is 0.900 bits per heavy atom. The molecule has 5 rings (SSSR count). The second-order valence-corrected chi connectivity index (χ2v) is 7.04. The average Bonchev–Trinajstić information content (AvgIpc) is 3.13. The topological polar surface area (TPSA) is 81.3 Å². The number of nitrogens with zero attached hydrogens (tertiary/aromatic N) is 4. The van der Waals surface area contributed by atoms with Gasteiger partial charge in [-0.1, -0.05) is 41.9 Å². The summed E-state index contributed by atoms with van der Waals surface area (Å²) in [6, 6.07) is 22.7. The number of benzene rings is 3. The third-order valence-electron chi connectivity index (χ3n) is 4.68. The first-order valence-corrected chi connectivity index (χ1v) is 9.52. The van der Waals surface area contributed by atoms with Crippen LogP contribution in [-0.2, 0) is 0 Å². The Hall–Kier alpha value is -3.97. The van der Waals surface area contributed by atoms with Crippen molar-refractivity contribution >= 4 is 40.0 Å². The Bertz CT molecular complexity index is 1460. The lowest BCUT2D eigenvalue weighted by Crippen LogP contribution is -2.20. The minimum Gasteiger partial charge on any atom is -0.303 e. The molecule has 146 valence electrons. The highest BCUT2D eigenvalue weighted by Crippen LogP contribution is 2.21. The van der Waals surface area contributed by atoms with E-state index in [1.165, 1.54) is 9.08 Å². The number of carbonyl (C=O) groups is 1. The molecule has 0 radical (unpaired) electrons. The van der Waals surface area contributed by atoms with Crippen molar-refractivity contribution in [1.29, 1.82) is 0 Å². The maximum Gasteiger partial charge on any atom is 0.355 e. The summed E-state index contributed by atoms with van der Waals surface area (Å²) in [5.41, 5.74) is 2.06. The zero-order chi connectivity index (χ0) is 20.7. The van der Waals surface area contributed by atoms with Gasteiger partial charge in [-0.25, -0.2) is 14.2 Å². The normalized spacial score (nSPS) is 11.1. The zero-order valence-corrected chi connectivity index (χ0v) is 16.2. The zero-order valence-electron chi connectivity index (χ0n) is 15.5. The summed E-state index contributed by atoms with van der Waals surface area (Å²) in [6.07, 6.45) is 0. The van der Waals surface area contributed by atoms with E-state index < -0.39 is 0 Å². The first-order chi connectivity index (χ1) is 14.6. The van der Waals surface area contributed by atoms with Gasteiger partial charge in [-0.05, 0) is 48.5 Å². The predicted octanol–water partition coefficient (Wildman–Crippen LogP) is 3.94. The lowest BCUT2D eigenvalue weighted by Gasteiger charge is -2.07. The summed E-state index contributed by atoms with van der Waals surface area (Å²) in [7, 11) is 0. The Labute approximate surface area is 175 Å². The van der Waals surface area contributed by atoms with Gasteiger partial charge in [0.1, 0.15) is 0 Å². The monoisotopic (exact) mass is 415 g/mol. The Balaban J connectivity index is 1.74. The van der Waals surface area contributed by atoms with Crippen molar-refractivity contribution in [3.8, 4) is 5.69 Å². The van der Waals surface area contributed by atoms with Crippen LogP contribution in [0, 0.1) is 0 Å². The predicted molar refractivity (Wildman–Crippen MR) is 115 cm³/mol. The molecular formula is C22H14ClN5O2. The van der Waals surface area contributed by atoms with E-state index in [0.717, 1.165) is 0 Å². The maximum absolute atomic E-state index is 13.2. The minimum absolute atomic E-state index is 0.201. The van der Waals surface area contributed by atoms with Gasteiger partial charge in [-0.3, -0.25) is 4.79 Å². The second-order valence-electron chi connectivity index (χ2n) is 6.60. The van der Waals surface area contributed by atoms with Crippen molar-refractivity contribution < 1.29 is 4.79 Å². The first kappa shape index (κ1) is 18.1. The standard InChI is InChI=1S/C22H14ClN5O2/c23-15-10-12-16(13-11-15)28-22(30)27-18-9-5-4-8-17(18)24-19(20(27)26-28)25-21(29)14-6-2-1-3-7-14/h1-13H,(H,24,25,29). The van der Waals surface area contributed by atoms with Crippen LogP contribution >= 0.6 is 11.6 Å². The number of nitrogens with one attached hydrogen (secondary N) is 1. The highest BCUT2D eigenvalue weighted by Gasteiger charge is 2.18. The number of carbonyl (C=O) groups excluding carboxylic acids is 1. The fourth-order valence-corrected chi connectivity index (χ4v) is 3.39. The molecule has 0 unspecified atom stereocenters. The number of anilines is 1. The van der Waals surface area contributed by atoms with Crippen molar-refractivity contribution in [2.24, 2.45) is 0 Å². The number of hydrogen-bond donors (Lipinski definition) is 1. The largest absolute Gasteiger partial charge is 0.355 e. The third kappa shape index (κ3) is 3.01. The van der Waals surface area contributed by atoms with Crippen LogP contribution < -0.4 is 11.0 Å². The molecule has 0 aliphatic heterocycles. The van der Waals surface area contributed by atoms with Crippen molar-refractivity contribution in [2.75, 3.05) is 5.32 Å². The van der Waals surface area contributed by atoms with Gasteiger partial charge in [-0.15, -0.1) is 5.10 Å². The van der Waals surface area contributed by atoms with Gasteiger partial charge in [-0.2, -0.15) is 4.68 Å². The van der Waals surface area contributed by atoms with E-state index in [0.29, 0.717) is 27.3 Å². The summed E-state index contributed by atoms with van der Waals surface area (Å²) in [6.45, 7) is 0. The third-order valence-corrected chi connectivity index (χ3v) is 4.94. The number of rotatable bonds is 3. The molecule has 0 bridgehead atoms. The molecule has 3 aromatic carbocycles. The van der Waals surface area contributed by atoms with Crippen LogP contribution in [0.3, 0.4) is 0 Å². The number of amides is 1. The smallest absolute Gasteiger partial charge is 0.303 e. The van der Waals surface area contributed by atoms with Crippen molar-refractivity contribution in [2.45, 2.75) is 0 Å². The summed E-state index contributed by atoms with van der Waals surface area (Å²) >= 11 is 5.97. The van der Waals surface area contributed by atoms with Gasteiger partial charge in [0.05, 0.1) is 16.7 Å². The van der Waals surface area contributed by atoms with Gasteiger partial charge in [0.25, 0.3) is 5.91 Å². The Morgan fingerprint density at radius 2 is 1.60 bits per heavy atom. The Morgan fingerprint density at radius 3 is 2.37 bits per heavy atom. The highest BCUT2D eigenvalue weighted by molar-refractivity contribution is 6.30. The number of para-hydroxylation sites is 2. The summed E-state index contributed by atoms with van der Waals surface area (Å²) in [5, 5.41) is 7.80. The molecule has 2 aromatic heterocycles. The van der Waals surface area contributed by atoms with Crippen LogP contribution in [0.5, 0.6) is 0 Å². The molecule has 0 aliphatic carbocycles. The molecule has 0 atom stereocenters. The van der Waals surface area contributed by atoms with Crippen LogP contribution in [0.25, 0.3) is 22.4 Å². The van der Waals surface area contributed by atoms with Crippen LogP contribution in [0.4, 0.5) is 5.82 Å².